The monoisotopic (exact) mass is 538 g/mol. The molecule has 2 aromatic heterocycles. The molecule has 1 aliphatic heterocycles. The second kappa shape index (κ2) is 9.10. The maximum Gasteiger partial charge on any atom is 0.231 e. The average molecular weight is 539 g/mol. The first kappa shape index (κ1) is 25.7. The Bertz CT molecular complexity index is 1600. The summed E-state index contributed by atoms with van der Waals surface area (Å²) >= 11 is 1.07. The van der Waals surface area contributed by atoms with E-state index < -0.39 is 28.6 Å². The number of fused-ring (bicyclic) bond motifs is 2. The highest BCUT2D eigenvalue weighted by molar-refractivity contribution is 7.22. The second-order valence-corrected chi connectivity index (χ2v) is 10.8. The summed E-state index contributed by atoms with van der Waals surface area (Å²) < 4.78 is 34.3. The number of primary amides is 1. The number of thiazole rings is 1. The molecule has 11 heteroatoms. The van der Waals surface area contributed by atoms with E-state index in [2.05, 4.69) is 9.97 Å². The van der Waals surface area contributed by atoms with E-state index in [4.69, 9.17) is 16.2 Å². The van der Waals surface area contributed by atoms with Crippen LogP contribution >= 0.6 is 11.3 Å². The Morgan fingerprint density at radius 2 is 1.89 bits per heavy atom. The van der Waals surface area contributed by atoms with Gasteiger partial charge in [0.2, 0.25) is 5.91 Å². The number of carbonyl (C=O) groups is 2. The van der Waals surface area contributed by atoms with Gasteiger partial charge in [0.1, 0.15) is 40.4 Å². The number of benzene rings is 2. The SMILES string of the molecule is C[C@](O)(CCC(=O)c1cc(F)c2nc(N)sc2c1)c1cc2c(c(-c3ccc(F)cc3)n1)OC[C@]2(C)C(N)=O. The van der Waals surface area contributed by atoms with Gasteiger partial charge < -0.3 is 21.3 Å². The molecule has 0 bridgehead atoms. The summed E-state index contributed by atoms with van der Waals surface area (Å²) in [4.78, 5) is 33.9. The summed E-state index contributed by atoms with van der Waals surface area (Å²) in [5.41, 5.74) is 10.2. The molecule has 1 amide bonds. The molecule has 5 rings (SSSR count). The Hall–Kier alpha value is -3.96. The van der Waals surface area contributed by atoms with Gasteiger partial charge >= 0.3 is 0 Å². The fourth-order valence-corrected chi connectivity index (χ4v) is 5.25. The average Bonchev–Trinajstić information content (AvgIpc) is 3.43. The van der Waals surface area contributed by atoms with Crippen LogP contribution < -0.4 is 16.2 Å². The quantitative estimate of drug-likeness (QED) is 0.299. The van der Waals surface area contributed by atoms with Gasteiger partial charge in [-0.15, -0.1) is 0 Å². The number of ether oxygens (including phenoxy) is 1. The van der Waals surface area contributed by atoms with E-state index in [-0.39, 0.29) is 47.1 Å². The lowest BCUT2D eigenvalue weighted by atomic mass is 9.81. The molecule has 0 unspecified atom stereocenters. The minimum absolute atomic E-state index is 0.0201. The molecule has 5 N–H and O–H groups in total. The molecular weight excluding hydrogens is 514 g/mol. The number of nitrogens with zero attached hydrogens (tertiary/aromatic N) is 2. The number of hydrogen-bond donors (Lipinski definition) is 3. The number of halogens is 2. The topological polar surface area (TPSA) is 141 Å². The predicted molar refractivity (Wildman–Crippen MR) is 139 cm³/mol. The zero-order chi connectivity index (χ0) is 27.4. The molecule has 4 aromatic rings. The second-order valence-electron chi connectivity index (χ2n) is 9.78. The normalized spacial score (nSPS) is 18.1. The first-order chi connectivity index (χ1) is 17.9. The highest BCUT2D eigenvalue weighted by Gasteiger charge is 2.45. The number of aliphatic hydroxyl groups is 1. The lowest BCUT2D eigenvalue weighted by Crippen LogP contribution is -2.40. The third-order valence-corrected chi connectivity index (χ3v) is 7.74. The van der Waals surface area contributed by atoms with Crippen molar-refractivity contribution in [2.24, 2.45) is 5.73 Å². The van der Waals surface area contributed by atoms with Crippen LogP contribution in [0.1, 0.15) is 48.3 Å². The number of nitrogen functional groups attached to an aromatic ring is 1. The summed E-state index contributed by atoms with van der Waals surface area (Å²) in [5.74, 6) is -1.77. The van der Waals surface area contributed by atoms with E-state index >= 15 is 0 Å². The number of hydrogen-bond acceptors (Lipinski definition) is 8. The van der Waals surface area contributed by atoms with Gasteiger partial charge in [0.05, 0.1) is 10.4 Å². The van der Waals surface area contributed by atoms with Gasteiger partial charge in [0, 0.05) is 23.1 Å². The molecule has 2 atom stereocenters. The molecule has 38 heavy (non-hydrogen) atoms. The minimum Gasteiger partial charge on any atom is -0.489 e. The van der Waals surface area contributed by atoms with Gasteiger partial charge in [-0.3, -0.25) is 9.59 Å². The molecule has 0 spiro atoms. The van der Waals surface area contributed by atoms with Crippen LogP contribution in [0.15, 0.2) is 42.5 Å². The maximum atomic E-state index is 14.5. The summed E-state index contributed by atoms with van der Waals surface area (Å²) in [6, 6.07) is 9.74. The molecule has 3 heterocycles. The Kier molecular flexibility index (Phi) is 6.15. The first-order valence-electron chi connectivity index (χ1n) is 11.7. The first-order valence-corrected chi connectivity index (χ1v) is 12.6. The fourth-order valence-electron chi connectivity index (χ4n) is 4.46. The fraction of sp³-hybridized carbons (Fsp3) is 0.259. The van der Waals surface area contributed by atoms with Gasteiger partial charge in [-0.2, -0.15) is 0 Å². The zero-order valence-corrected chi connectivity index (χ0v) is 21.4. The van der Waals surface area contributed by atoms with Crippen molar-refractivity contribution in [1.82, 2.24) is 9.97 Å². The van der Waals surface area contributed by atoms with Crippen LogP contribution in [0.4, 0.5) is 13.9 Å². The van der Waals surface area contributed by atoms with Crippen LogP contribution in [0, 0.1) is 11.6 Å². The van der Waals surface area contributed by atoms with E-state index in [1.165, 1.54) is 37.3 Å². The largest absolute Gasteiger partial charge is 0.489 e. The summed E-state index contributed by atoms with van der Waals surface area (Å²) in [7, 11) is 0. The molecule has 2 aromatic carbocycles. The van der Waals surface area contributed by atoms with Crippen molar-refractivity contribution in [2.75, 3.05) is 12.3 Å². The summed E-state index contributed by atoms with van der Waals surface area (Å²) in [6.45, 7) is 3.11. The molecule has 0 saturated heterocycles. The lowest BCUT2D eigenvalue weighted by molar-refractivity contribution is -0.123. The van der Waals surface area contributed by atoms with Crippen LogP contribution in [-0.4, -0.2) is 33.4 Å². The molecular formula is C27H24F2N4O4S. The van der Waals surface area contributed by atoms with Crippen LogP contribution in [0.2, 0.25) is 0 Å². The molecule has 0 aliphatic carbocycles. The summed E-state index contributed by atoms with van der Waals surface area (Å²) in [5, 5.41) is 11.6. The number of rotatable bonds is 7. The van der Waals surface area contributed by atoms with E-state index in [1.807, 2.05) is 0 Å². The van der Waals surface area contributed by atoms with Crippen molar-refractivity contribution < 1.29 is 28.2 Å². The van der Waals surface area contributed by atoms with Crippen molar-refractivity contribution >= 4 is 38.4 Å². The number of amides is 1. The molecule has 196 valence electrons. The van der Waals surface area contributed by atoms with E-state index in [9.17, 15) is 23.5 Å². The van der Waals surface area contributed by atoms with Crippen LogP contribution in [0.5, 0.6) is 5.75 Å². The standard InChI is InChI=1S/C27H24F2N4O4S/c1-26(24(30)35)12-37-23-16(26)11-20(32-21(23)13-3-5-15(28)6-4-13)27(2,36)8-7-18(34)14-9-17(29)22-19(10-14)38-25(31)33-22/h3-6,9-11,36H,7-8,12H2,1-2H3,(H2,30,35)(H2,31,33)/t26-,27-/m0/s1. The third-order valence-electron chi connectivity index (χ3n) is 6.91. The molecule has 0 radical (unpaired) electrons. The minimum atomic E-state index is -1.63. The van der Waals surface area contributed by atoms with E-state index in [0.29, 0.717) is 27.3 Å². The zero-order valence-electron chi connectivity index (χ0n) is 20.5. The highest BCUT2D eigenvalue weighted by Crippen LogP contribution is 2.46. The number of anilines is 1. The van der Waals surface area contributed by atoms with Gasteiger partial charge in [0.15, 0.2) is 16.7 Å². The smallest absolute Gasteiger partial charge is 0.231 e. The Morgan fingerprint density at radius 3 is 2.58 bits per heavy atom. The summed E-state index contributed by atoms with van der Waals surface area (Å²) in [6.07, 6.45) is -0.181. The van der Waals surface area contributed by atoms with Gasteiger partial charge in [-0.05, 0) is 62.7 Å². The molecule has 8 nitrogen and oxygen atoms in total. The number of ketones is 1. The number of carbonyl (C=O) groups excluding carboxylic acids is 2. The van der Waals surface area contributed by atoms with Crippen LogP contribution in [0.25, 0.3) is 21.5 Å². The van der Waals surface area contributed by atoms with E-state index in [0.717, 1.165) is 17.4 Å². The number of aromatic nitrogens is 2. The number of nitrogens with two attached hydrogens (primary N) is 2. The maximum absolute atomic E-state index is 14.5. The van der Waals surface area contributed by atoms with Crippen LogP contribution in [0.3, 0.4) is 0 Å². The highest BCUT2D eigenvalue weighted by atomic mass is 32.1. The van der Waals surface area contributed by atoms with Gasteiger partial charge in [-0.25, -0.2) is 18.7 Å². The predicted octanol–water partition coefficient (Wildman–Crippen LogP) is 4.22. The van der Waals surface area contributed by atoms with Gasteiger partial charge in [0.25, 0.3) is 0 Å². The molecule has 0 saturated carbocycles. The van der Waals surface area contributed by atoms with Crippen molar-refractivity contribution in [3.63, 3.8) is 0 Å². The molecule has 0 fully saturated rings. The van der Waals surface area contributed by atoms with Crippen molar-refractivity contribution in [2.45, 2.75) is 37.7 Å². The number of Topliss-reactive ketones (excluding diaryl/α,β-unsaturated/α-hetero) is 1. The number of pyridine rings is 1. The Morgan fingerprint density at radius 1 is 1.18 bits per heavy atom. The Labute approximate surface area is 220 Å². The van der Waals surface area contributed by atoms with Crippen molar-refractivity contribution in [3.8, 4) is 17.0 Å². The molecule has 1 aliphatic rings. The van der Waals surface area contributed by atoms with Crippen molar-refractivity contribution in [3.05, 3.63) is 70.9 Å². The van der Waals surface area contributed by atoms with E-state index in [1.54, 1.807) is 13.0 Å². The van der Waals surface area contributed by atoms with Crippen LogP contribution in [-0.2, 0) is 15.8 Å². The lowest BCUT2D eigenvalue weighted by Gasteiger charge is -2.26. The third kappa shape index (κ3) is 4.37. The Balaban J connectivity index is 1.49. The van der Waals surface area contributed by atoms with Crippen molar-refractivity contribution in [1.29, 1.82) is 0 Å². The van der Waals surface area contributed by atoms with Gasteiger partial charge in [-0.1, -0.05) is 11.3 Å².